The summed E-state index contributed by atoms with van der Waals surface area (Å²) >= 11 is 0. The molecule has 0 saturated heterocycles. The van der Waals surface area contributed by atoms with Crippen LogP contribution in [0, 0.1) is 0 Å². The third-order valence-electron chi connectivity index (χ3n) is 3.22. The van der Waals surface area contributed by atoms with E-state index >= 15 is 0 Å². The van der Waals surface area contributed by atoms with E-state index in [9.17, 15) is 14.4 Å². The standard InChI is InChI=1S/C18H17NO5/c1-3-24-18(22)14-6-4-12(5-7-14)16(20)19-15-10-8-13(9-11-15)17(21)23-2/h4-11H,3H2,1-2H3,(H,19,20). The van der Waals surface area contributed by atoms with Crippen molar-refractivity contribution in [1.82, 2.24) is 0 Å². The molecule has 0 atom stereocenters. The third kappa shape index (κ3) is 4.19. The van der Waals surface area contributed by atoms with Crippen LogP contribution in [0.4, 0.5) is 5.69 Å². The van der Waals surface area contributed by atoms with Crippen molar-refractivity contribution in [2.45, 2.75) is 6.92 Å². The largest absolute Gasteiger partial charge is 0.465 e. The first-order valence-corrected chi connectivity index (χ1v) is 7.32. The summed E-state index contributed by atoms with van der Waals surface area (Å²) in [5, 5.41) is 2.71. The van der Waals surface area contributed by atoms with Crippen LogP contribution in [-0.4, -0.2) is 31.6 Å². The van der Waals surface area contributed by atoms with Crippen molar-refractivity contribution in [2.24, 2.45) is 0 Å². The van der Waals surface area contributed by atoms with Crippen molar-refractivity contribution in [3.8, 4) is 0 Å². The number of hydrogen-bond donors (Lipinski definition) is 1. The zero-order chi connectivity index (χ0) is 17.5. The lowest BCUT2D eigenvalue weighted by Crippen LogP contribution is -2.12. The zero-order valence-corrected chi connectivity index (χ0v) is 13.4. The van der Waals surface area contributed by atoms with Gasteiger partial charge >= 0.3 is 11.9 Å². The molecule has 0 aliphatic rings. The van der Waals surface area contributed by atoms with Crippen LogP contribution in [0.2, 0.25) is 0 Å². The number of carbonyl (C=O) groups is 3. The van der Waals surface area contributed by atoms with Gasteiger partial charge in [-0.25, -0.2) is 9.59 Å². The Morgan fingerprint density at radius 3 is 1.88 bits per heavy atom. The Kier molecular flexibility index (Phi) is 5.68. The summed E-state index contributed by atoms with van der Waals surface area (Å²) in [5.74, 6) is -1.19. The summed E-state index contributed by atoms with van der Waals surface area (Å²) < 4.78 is 9.50. The molecule has 0 aliphatic carbocycles. The second kappa shape index (κ2) is 7.92. The van der Waals surface area contributed by atoms with Crippen molar-refractivity contribution >= 4 is 23.5 Å². The molecule has 1 N–H and O–H groups in total. The topological polar surface area (TPSA) is 81.7 Å². The molecule has 0 bridgehead atoms. The van der Waals surface area contributed by atoms with Gasteiger partial charge in [0.2, 0.25) is 0 Å². The monoisotopic (exact) mass is 327 g/mol. The second-order valence-electron chi connectivity index (χ2n) is 4.82. The van der Waals surface area contributed by atoms with Crippen molar-refractivity contribution < 1.29 is 23.9 Å². The number of nitrogens with one attached hydrogen (secondary N) is 1. The first kappa shape index (κ1) is 17.2. The molecule has 0 saturated carbocycles. The Hall–Kier alpha value is -3.15. The van der Waals surface area contributed by atoms with Crippen LogP contribution < -0.4 is 5.32 Å². The van der Waals surface area contributed by atoms with Gasteiger partial charge in [0.05, 0.1) is 24.8 Å². The molecule has 1 amide bonds. The zero-order valence-electron chi connectivity index (χ0n) is 13.4. The highest BCUT2D eigenvalue weighted by Gasteiger charge is 2.10. The Labute approximate surface area is 139 Å². The molecule has 24 heavy (non-hydrogen) atoms. The maximum Gasteiger partial charge on any atom is 0.338 e. The lowest BCUT2D eigenvalue weighted by Gasteiger charge is -2.07. The molecule has 124 valence electrons. The predicted molar refractivity (Wildman–Crippen MR) is 88.1 cm³/mol. The second-order valence-corrected chi connectivity index (χ2v) is 4.82. The van der Waals surface area contributed by atoms with Crippen LogP contribution >= 0.6 is 0 Å². The molecule has 0 fully saturated rings. The third-order valence-corrected chi connectivity index (χ3v) is 3.22. The summed E-state index contributed by atoms with van der Waals surface area (Å²) in [6.07, 6.45) is 0. The fraction of sp³-hybridized carbons (Fsp3) is 0.167. The molecular weight excluding hydrogens is 310 g/mol. The molecule has 0 heterocycles. The van der Waals surface area contributed by atoms with Crippen molar-refractivity contribution in [3.05, 3.63) is 65.2 Å². The number of methoxy groups -OCH3 is 1. The summed E-state index contributed by atoms with van der Waals surface area (Å²) in [7, 11) is 1.30. The quantitative estimate of drug-likeness (QED) is 0.854. The van der Waals surface area contributed by atoms with Crippen LogP contribution in [0.25, 0.3) is 0 Å². The number of amides is 1. The minimum atomic E-state index is -0.442. The molecular formula is C18H17NO5. The van der Waals surface area contributed by atoms with Gasteiger partial charge in [0, 0.05) is 11.3 Å². The summed E-state index contributed by atoms with van der Waals surface area (Å²) in [6, 6.07) is 12.5. The van der Waals surface area contributed by atoms with Crippen LogP contribution in [0.5, 0.6) is 0 Å². The van der Waals surface area contributed by atoms with Crippen LogP contribution in [0.1, 0.15) is 38.0 Å². The number of hydrogen-bond acceptors (Lipinski definition) is 5. The van der Waals surface area contributed by atoms with E-state index in [2.05, 4.69) is 10.1 Å². The lowest BCUT2D eigenvalue weighted by atomic mass is 10.1. The van der Waals surface area contributed by atoms with E-state index in [1.807, 2.05) is 0 Å². The van der Waals surface area contributed by atoms with Crippen molar-refractivity contribution in [2.75, 3.05) is 19.0 Å². The molecule has 0 spiro atoms. The molecule has 0 aliphatic heterocycles. The van der Waals surface area contributed by atoms with Gasteiger partial charge in [-0.3, -0.25) is 4.79 Å². The van der Waals surface area contributed by atoms with E-state index < -0.39 is 11.9 Å². The minimum absolute atomic E-state index is 0.294. The minimum Gasteiger partial charge on any atom is -0.465 e. The molecule has 2 aromatic carbocycles. The van der Waals surface area contributed by atoms with Crippen LogP contribution in [-0.2, 0) is 9.47 Å². The van der Waals surface area contributed by atoms with Gasteiger partial charge in [0.1, 0.15) is 0 Å². The van der Waals surface area contributed by atoms with Gasteiger partial charge in [-0.15, -0.1) is 0 Å². The van der Waals surface area contributed by atoms with Gasteiger partial charge in [0.25, 0.3) is 5.91 Å². The maximum absolute atomic E-state index is 12.2. The summed E-state index contributed by atoms with van der Waals surface area (Å²) in [4.78, 5) is 35.1. The van der Waals surface area contributed by atoms with E-state index in [1.54, 1.807) is 43.3 Å². The highest BCUT2D eigenvalue weighted by atomic mass is 16.5. The average Bonchev–Trinajstić information content (AvgIpc) is 2.62. The Morgan fingerprint density at radius 1 is 0.833 bits per heavy atom. The van der Waals surface area contributed by atoms with Gasteiger partial charge in [-0.2, -0.15) is 0 Å². The van der Waals surface area contributed by atoms with Crippen LogP contribution in [0.3, 0.4) is 0 Å². The number of esters is 2. The van der Waals surface area contributed by atoms with Crippen LogP contribution in [0.15, 0.2) is 48.5 Å². The molecule has 0 radical (unpaired) electrons. The summed E-state index contributed by atoms with van der Waals surface area (Å²) in [5.41, 5.74) is 1.73. The lowest BCUT2D eigenvalue weighted by molar-refractivity contribution is 0.0525. The number of anilines is 1. The SMILES string of the molecule is CCOC(=O)c1ccc(C(=O)Nc2ccc(C(=O)OC)cc2)cc1. The van der Waals surface area contributed by atoms with Crippen molar-refractivity contribution in [1.29, 1.82) is 0 Å². The molecule has 2 aromatic rings. The van der Waals surface area contributed by atoms with E-state index in [0.717, 1.165) is 0 Å². The molecule has 0 aromatic heterocycles. The maximum atomic E-state index is 12.2. The predicted octanol–water partition coefficient (Wildman–Crippen LogP) is 2.90. The van der Waals surface area contributed by atoms with E-state index in [4.69, 9.17) is 4.74 Å². The van der Waals surface area contributed by atoms with E-state index in [-0.39, 0.29) is 5.91 Å². The first-order chi connectivity index (χ1) is 11.5. The number of carbonyl (C=O) groups excluding carboxylic acids is 3. The Bertz CT molecular complexity index is 735. The number of ether oxygens (including phenoxy) is 2. The summed E-state index contributed by atoms with van der Waals surface area (Å²) in [6.45, 7) is 2.02. The smallest absolute Gasteiger partial charge is 0.338 e. The van der Waals surface area contributed by atoms with Crippen molar-refractivity contribution in [3.63, 3.8) is 0 Å². The molecule has 0 unspecified atom stereocenters. The number of benzene rings is 2. The fourth-order valence-corrected chi connectivity index (χ4v) is 1.98. The molecule has 6 nitrogen and oxygen atoms in total. The molecule has 6 heteroatoms. The average molecular weight is 327 g/mol. The fourth-order valence-electron chi connectivity index (χ4n) is 1.98. The van der Waals surface area contributed by atoms with Gasteiger partial charge in [-0.05, 0) is 55.5 Å². The van der Waals surface area contributed by atoms with E-state index in [1.165, 1.54) is 19.2 Å². The Morgan fingerprint density at radius 2 is 1.33 bits per heavy atom. The highest BCUT2D eigenvalue weighted by molar-refractivity contribution is 6.05. The number of rotatable bonds is 5. The normalized spacial score (nSPS) is 9.92. The van der Waals surface area contributed by atoms with Gasteiger partial charge in [-0.1, -0.05) is 0 Å². The van der Waals surface area contributed by atoms with Gasteiger partial charge in [0.15, 0.2) is 0 Å². The first-order valence-electron chi connectivity index (χ1n) is 7.32. The Balaban J connectivity index is 2.04. The highest BCUT2D eigenvalue weighted by Crippen LogP contribution is 2.13. The molecule has 2 rings (SSSR count). The van der Waals surface area contributed by atoms with E-state index in [0.29, 0.717) is 29.0 Å². The van der Waals surface area contributed by atoms with Gasteiger partial charge < -0.3 is 14.8 Å².